The molecule has 0 saturated carbocycles. The van der Waals surface area contributed by atoms with Crippen molar-refractivity contribution in [3.63, 3.8) is 0 Å². The second-order valence-electron chi connectivity index (χ2n) is 5.46. The van der Waals surface area contributed by atoms with Crippen molar-refractivity contribution in [1.29, 1.82) is 0 Å². The quantitative estimate of drug-likeness (QED) is 0.923. The number of aliphatic hydroxyl groups is 1. The Bertz CT molecular complexity index is 530. The van der Waals surface area contributed by atoms with Gasteiger partial charge < -0.3 is 9.67 Å². The van der Waals surface area contributed by atoms with Crippen LogP contribution in [0.1, 0.15) is 24.2 Å². The molecule has 1 aliphatic heterocycles. The Morgan fingerprint density at radius 3 is 2.60 bits per heavy atom. The summed E-state index contributed by atoms with van der Waals surface area (Å²) in [6.45, 7) is 3.65. The Morgan fingerprint density at radius 2 is 1.85 bits per heavy atom. The summed E-state index contributed by atoms with van der Waals surface area (Å²) in [4.78, 5) is 6.86. The average Bonchev–Trinajstić information content (AvgIpc) is 2.90. The van der Waals surface area contributed by atoms with Gasteiger partial charge in [-0.15, -0.1) is 0 Å². The highest BCUT2D eigenvalue weighted by Crippen LogP contribution is 2.13. The first-order chi connectivity index (χ1) is 9.81. The van der Waals surface area contributed by atoms with E-state index in [2.05, 4.69) is 38.7 Å². The number of benzene rings is 1. The first-order valence-corrected chi connectivity index (χ1v) is 7.25. The first-order valence-electron chi connectivity index (χ1n) is 7.25. The van der Waals surface area contributed by atoms with Crippen LogP contribution in [0.3, 0.4) is 0 Å². The van der Waals surface area contributed by atoms with E-state index in [1.165, 1.54) is 5.56 Å². The van der Waals surface area contributed by atoms with Crippen LogP contribution in [-0.4, -0.2) is 38.8 Å². The summed E-state index contributed by atoms with van der Waals surface area (Å²) in [6.07, 6.45) is 5.55. The van der Waals surface area contributed by atoms with Crippen molar-refractivity contribution in [2.45, 2.75) is 32.0 Å². The van der Waals surface area contributed by atoms with Crippen molar-refractivity contribution in [1.82, 2.24) is 14.5 Å². The van der Waals surface area contributed by atoms with Gasteiger partial charge in [0.25, 0.3) is 0 Å². The lowest BCUT2D eigenvalue weighted by Crippen LogP contribution is -2.36. The highest BCUT2D eigenvalue weighted by molar-refractivity contribution is 5.15. The highest BCUT2D eigenvalue weighted by atomic mass is 16.3. The lowest BCUT2D eigenvalue weighted by atomic mass is 10.1. The van der Waals surface area contributed by atoms with Crippen LogP contribution in [-0.2, 0) is 13.1 Å². The van der Waals surface area contributed by atoms with E-state index in [-0.39, 0.29) is 6.10 Å². The average molecular weight is 271 g/mol. The van der Waals surface area contributed by atoms with Crippen molar-refractivity contribution in [2.24, 2.45) is 0 Å². The van der Waals surface area contributed by atoms with Crippen LogP contribution in [0.2, 0.25) is 0 Å². The van der Waals surface area contributed by atoms with Crippen molar-refractivity contribution in [3.8, 4) is 0 Å². The summed E-state index contributed by atoms with van der Waals surface area (Å²) in [6, 6.07) is 10.5. The number of piperidine rings is 1. The Hall–Kier alpha value is -1.65. The van der Waals surface area contributed by atoms with Gasteiger partial charge in [-0.1, -0.05) is 30.3 Å². The maximum Gasteiger partial charge on any atom is 0.123 e. The molecule has 0 bridgehead atoms. The number of imidazole rings is 1. The molecule has 20 heavy (non-hydrogen) atoms. The molecule has 3 rings (SSSR count). The summed E-state index contributed by atoms with van der Waals surface area (Å²) in [5.74, 6) is 1.10. The van der Waals surface area contributed by atoms with E-state index in [0.29, 0.717) is 0 Å². The third-order valence-corrected chi connectivity index (χ3v) is 3.92. The van der Waals surface area contributed by atoms with Crippen LogP contribution in [0.5, 0.6) is 0 Å². The zero-order chi connectivity index (χ0) is 13.8. The van der Waals surface area contributed by atoms with Crippen LogP contribution in [0.15, 0.2) is 42.7 Å². The lowest BCUT2D eigenvalue weighted by molar-refractivity contribution is 0.0776. The van der Waals surface area contributed by atoms with E-state index in [1.807, 2.05) is 18.5 Å². The molecule has 1 aromatic heterocycles. The Labute approximate surface area is 119 Å². The molecule has 106 valence electrons. The molecular weight excluding hydrogens is 250 g/mol. The zero-order valence-corrected chi connectivity index (χ0v) is 11.7. The van der Waals surface area contributed by atoms with Gasteiger partial charge in [0.2, 0.25) is 0 Å². The largest absolute Gasteiger partial charge is 0.393 e. The molecule has 0 atom stereocenters. The number of rotatable bonds is 4. The van der Waals surface area contributed by atoms with Gasteiger partial charge in [0.1, 0.15) is 5.82 Å². The van der Waals surface area contributed by atoms with Crippen molar-refractivity contribution in [3.05, 3.63) is 54.1 Å². The van der Waals surface area contributed by atoms with Gasteiger partial charge in [-0.2, -0.15) is 0 Å². The SMILES string of the molecule is OC1CCN(Cc2nccn2Cc2ccccc2)CC1. The van der Waals surface area contributed by atoms with Crippen molar-refractivity contribution >= 4 is 0 Å². The van der Waals surface area contributed by atoms with Gasteiger partial charge in [-0.3, -0.25) is 4.90 Å². The van der Waals surface area contributed by atoms with Crippen LogP contribution in [0.25, 0.3) is 0 Å². The summed E-state index contributed by atoms with van der Waals surface area (Å²) in [5, 5.41) is 9.55. The smallest absolute Gasteiger partial charge is 0.123 e. The Balaban J connectivity index is 1.65. The molecule has 2 aromatic rings. The molecule has 4 nitrogen and oxygen atoms in total. The predicted octanol–water partition coefficient (Wildman–Crippen LogP) is 1.89. The molecule has 1 aromatic carbocycles. The molecule has 0 aliphatic carbocycles. The van der Waals surface area contributed by atoms with Gasteiger partial charge in [-0.25, -0.2) is 4.98 Å². The van der Waals surface area contributed by atoms with Gasteiger partial charge in [-0.05, 0) is 18.4 Å². The number of aromatic nitrogens is 2. The Morgan fingerprint density at radius 1 is 1.10 bits per heavy atom. The molecule has 1 aliphatic rings. The summed E-state index contributed by atoms with van der Waals surface area (Å²) < 4.78 is 2.21. The molecule has 2 heterocycles. The number of hydrogen-bond acceptors (Lipinski definition) is 3. The molecule has 0 unspecified atom stereocenters. The van der Waals surface area contributed by atoms with Crippen molar-refractivity contribution in [2.75, 3.05) is 13.1 Å². The molecule has 4 heteroatoms. The second-order valence-corrected chi connectivity index (χ2v) is 5.46. The first kappa shape index (κ1) is 13.3. The standard InChI is InChI=1S/C16H21N3O/c20-15-6-9-18(10-7-15)13-16-17-8-11-19(16)12-14-4-2-1-3-5-14/h1-5,8,11,15,20H,6-7,9-10,12-13H2. The summed E-state index contributed by atoms with van der Waals surface area (Å²) in [7, 11) is 0. The maximum absolute atomic E-state index is 9.55. The maximum atomic E-state index is 9.55. The van der Waals surface area contributed by atoms with Crippen LogP contribution in [0, 0.1) is 0 Å². The molecule has 1 saturated heterocycles. The normalized spacial score (nSPS) is 17.4. The molecule has 1 fully saturated rings. The van der Waals surface area contributed by atoms with Gasteiger partial charge >= 0.3 is 0 Å². The van der Waals surface area contributed by atoms with E-state index < -0.39 is 0 Å². The summed E-state index contributed by atoms with van der Waals surface area (Å²) in [5.41, 5.74) is 1.29. The number of likely N-dealkylation sites (tertiary alicyclic amines) is 1. The van der Waals surface area contributed by atoms with E-state index in [1.54, 1.807) is 0 Å². The summed E-state index contributed by atoms with van der Waals surface area (Å²) >= 11 is 0. The minimum absolute atomic E-state index is 0.115. The monoisotopic (exact) mass is 271 g/mol. The fourth-order valence-electron chi connectivity index (χ4n) is 2.69. The van der Waals surface area contributed by atoms with E-state index in [0.717, 1.165) is 44.8 Å². The highest BCUT2D eigenvalue weighted by Gasteiger charge is 2.18. The predicted molar refractivity (Wildman–Crippen MR) is 78.3 cm³/mol. The molecule has 0 spiro atoms. The van der Waals surface area contributed by atoms with Crippen LogP contribution >= 0.6 is 0 Å². The minimum Gasteiger partial charge on any atom is -0.393 e. The fourth-order valence-corrected chi connectivity index (χ4v) is 2.69. The number of aliphatic hydroxyl groups excluding tert-OH is 1. The third-order valence-electron chi connectivity index (χ3n) is 3.92. The van der Waals surface area contributed by atoms with E-state index in [9.17, 15) is 5.11 Å². The molecule has 1 N–H and O–H groups in total. The van der Waals surface area contributed by atoms with E-state index in [4.69, 9.17) is 0 Å². The van der Waals surface area contributed by atoms with Gasteiger partial charge in [0, 0.05) is 32.0 Å². The van der Waals surface area contributed by atoms with Gasteiger partial charge in [0.15, 0.2) is 0 Å². The van der Waals surface area contributed by atoms with E-state index >= 15 is 0 Å². The zero-order valence-electron chi connectivity index (χ0n) is 11.7. The third kappa shape index (κ3) is 3.26. The molecule has 0 radical (unpaired) electrons. The minimum atomic E-state index is -0.115. The van der Waals surface area contributed by atoms with Crippen molar-refractivity contribution < 1.29 is 5.11 Å². The Kier molecular flexibility index (Phi) is 4.14. The lowest BCUT2D eigenvalue weighted by Gasteiger charge is -2.29. The topological polar surface area (TPSA) is 41.3 Å². The number of nitrogens with zero attached hydrogens (tertiary/aromatic N) is 3. The van der Waals surface area contributed by atoms with Crippen LogP contribution in [0.4, 0.5) is 0 Å². The second kappa shape index (κ2) is 6.20. The molecular formula is C16H21N3O. The molecule has 0 amide bonds. The number of hydrogen-bond donors (Lipinski definition) is 1. The van der Waals surface area contributed by atoms with Gasteiger partial charge in [0.05, 0.1) is 12.6 Å². The van der Waals surface area contributed by atoms with Crippen LogP contribution < -0.4 is 0 Å². The fraction of sp³-hybridized carbons (Fsp3) is 0.438.